The van der Waals surface area contributed by atoms with Gasteiger partial charge in [0.1, 0.15) is 0 Å². The van der Waals surface area contributed by atoms with Gasteiger partial charge in [0, 0.05) is 19.8 Å². The van der Waals surface area contributed by atoms with Crippen molar-refractivity contribution < 1.29 is 27.5 Å². The zero-order valence-corrected chi connectivity index (χ0v) is 19.0. The SMILES string of the molecule is CCCCOC(=O)c1c(NC(=O)c2ccccc2C(F)(F)F)nc(N(C)C)n1-c1ccccc1. The number of para-hydroxylation sites is 1. The number of hydrogen-bond acceptors (Lipinski definition) is 5. The van der Waals surface area contributed by atoms with Crippen molar-refractivity contribution in [2.45, 2.75) is 25.9 Å². The van der Waals surface area contributed by atoms with E-state index in [4.69, 9.17) is 4.74 Å². The number of alkyl halides is 3. The molecule has 7 nitrogen and oxygen atoms in total. The molecular weight excluding hydrogens is 449 g/mol. The number of esters is 1. The first kappa shape index (κ1) is 24.8. The maximum Gasteiger partial charge on any atom is 0.417 e. The summed E-state index contributed by atoms with van der Waals surface area (Å²) >= 11 is 0. The maximum absolute atomic E-state index is 13.4. The fourth-order valence-corrected chi connectivity index (χ4v) is 3.29. The second kappa shape index (κ2) is 10.4. The van der Waals surface area contributed by atoms with Crippen molar-refractivity contribution in [2.75, 3.05) is 30.9 Å². The second-order valence-electron chi connectivity index (χ2n) is 7.66. The number of nitrogens with zero attached hydrogens (tertiary/aromatic N) is 3. The van der Waals surface area contributed by atoms with E-state index >= 15 is 0 Å². The number of nitrogens with one attached hydrogen (secondary N) is 1. The van der Waals surface area contributed by atoms with Gasteiger partial charge < -0.3 is 15.0 Å². The number of carbonyl (C=O) groups is 2. The van der Waals surface area contributed by atoms with Gasteiger partial charge >= 0.3 is 12.1 Å². The zero-order chi connectivity index (χ0) is 24.9. The molecule has 0 spiro atoms. The first-order valence-corrected chi connectivity index (χ1v) is 10.6. The number of aromatic nitrogens is 2. The van der Waals surface area contributed by atoms with Crippen molar-refractivity contribution in [1.29, 1.82) is 0 Å². The number of carbonyl (C=O) groups excluding carboxylic acids is 2. The van der Waals surface area contributed by atoms with E-state index in [1.54, 1.807) is 49.3 Å². The summed E-state index contributed by atoms with van der Waals surface area (Å²) < 4.78 is 47.2. The van der Waals surface area contributed by atoms with Crippen molar-refractivity contribution in [3.8, 4) is 5.69 Å². The third kappa shape index (κ3) is 5.38. The molecule has 2 aromatic carbocycles. The fourth-order valence-electron chi connectivity index (χ4n) is 3.29. The summed E-state index contributed by atoms with van der Waals surface area (Å²) in [6, 6.07) is 13.2. The number of rotatable bonds is 8. The highest BCUT2D eigenvalue weighted by molar-refractivity contribution is 6.08. The summed E-state index contributed by atoms with van der Waals surface area (Å²) in [5.41, 5.74) is -1.20. The van der Waals surface area contributed by atoms with Crippen molar-refractivity contribution in [1.82, 2.24) is 9.55 Å². The normalized spacial score (nSPS) is 11.2. The first-order chi connectivity index (χ1) is 16.1. The molecule has 0 saturated heterocycles. The number of benzene rings is 2. The van der Waals surface area contributed by atoms with Gasteiger partial charge in [-0.3, -0.25) is 9.36 Å². The molecule has 0 aliphatic heterocycles. The van der Waals surface area contributed by atoms with Crippen LogP contribution in [0.3, 0.4) is 0 Å². The summed E-state index contributed by atoms with van der Waals surface area (Å²) in [5, 5.41) is 2.40. The van der Waals surface area contributed by atoms with E-state index < -0.39 is 29.2 Å². The Bertz CT molecular complexity index is 1160. The summed E-state index contributed by atoms with van der Waals surface area (Å²) in [7, 11) is 3.39. The lowest BCUT2D eigenvalue weighted by atomic mass is 10.1. The molecule has 0 aliphatic carbocycles. The average molecular weight is 474 g/mol. The molecule has 0 saturated carbocycles. The van der Waals surface area contributed by atoms with Gasteiger partial charge in [0.15, 0.2) is 11.5 Å². The van der Waals surface area contributed by atoms with E-state index in [0.29, 0.717) is 12.1 Å². The van der Waals surface area contributed by atoms with Crippen LogP contribution < -0.4 is 10.2 Å². The van der Waals surface area contributed by atoms with Gasteiger partial charge in [0.25, 0.3) is 5.91 Å². The molecule has 0 unspecified atom stereocenters. The van der Waals surface area contributed by atoms with Gasteiger partial charge in [-0.1, -0.05) is 43.7 Å². The van der Waals surface area contributed by atoms with E-state index in [2.05, 4.69) is 10.3 Å². The van der Waals surface area contributed by atoms with Crippen molar-refractivity contribution in [3.63, 3.8) is 0 Å². The van der Waals surface area contributed by atoms with Crippen LogP contribution in [-0.2, 0) is 10.9 Å². The summed E-state index contributed by atoms with van der Waals surface area (Å²) in [5.74, 6) is -1.71. The summed E-state index contributed by atoms with van der Waals surface area (Å²) in [6.45, 7) is 2.09. The molecule has 1 amide bonds. The minimum Gasteiger partial charge on any atom is -0.461 e. The number of halogens is 3. The molecule has 0 atom stereocenters. The Labute approximate surface area is 195 Å². The Balaban J connectivity index is 2.12. The van der Waals surface area contributed by atoms with Crippen LogP contribution in [0.15, 0.2) is 54.6 Å². The predicted octanol–water partition coefficient (Wildman–Crippen LogP) is 5.17. The molecule has 0 bridgehead atoms. The van der Waals surface area contributed by atoms with E-state index in [0.717, 1.165) is 18.6 Å². The highest BCUT2D eigenvalue weighted by Gasteiger charge is 2.36. The van der Waals surface area contributed by atoms with Crippen molar-refractivity contribution in [2.24, 2.45) is 0 Å². The quantitative estimate of drug-likeness (QED) is 0.360. The van der Waals surface area contributed by atoms with Gasteiger partial charge in [0.2, 0.25) is 5.95 Å². The van der Waals surface area contributed by atoms with Gasteiger partial charge in [-0.15, -0.1) is 0 Å². The monoisotopic (exact) mass is 474 g/mol. The van der Waals surface area contributed by atoms with Gasteiger partial charge in [0.05, 0.1) is 17.7 Å². The van der Waals surface area contributed by atoms with Crippen LogP contribution in [0.25, 0.3) is 5.69 Å². The highest BCUT2D eigenvalue weighted by atomic mass is 19.4. The lowest BCUT2D eigenvalue weighted by molar-refractivity contribution is -0.137. The van der Waals surface area contributed by atoms with Crippen molar-refractivity contribution in [3.05, 3.63) is 71.4 Å². The highest BCUT2D eigenvalue weighted by Crippen LogP contribution is 2.33. The first-order valence-electron chi connectivity index (χ1n) is 10.6. The lowest BCUT2D eigenvalue weighted by Gasteiger charge is -2.16. The standard InChI is InChI=1S/C24H25F3N4O3/c1-4-5-15-34-22(33)19-20(28-21(32)17-13-9-10-14-18(17)24(25,26)27)29-23(30(2)3)31(19)16-11-7-6-8-12-16/h6-14H,4-5,15H2,1-3H3,(H,28,32). The number of amides is 1. The van der Waals surface area contributed by atoms with Crippen LogP contribution in [0.2, 0.25) is 0 Å². The second-order valence-corrected chi connectivity index (χ2v) is 7.66. The van der Waals surface area contributed by atoms with Crippen LogP contribution >= 0.6 is 0 Å². The summed E-state index contributed by atoms with van der Waals surface area (Å²) in [4.78, 5) is 32.0. The minimum absolute atomic E-state index is 0.0937. The fraction of sp³-hybridized carbons (Fsp3) is 0.292. The Morgan fingerprint density at radius 2 is 1.71 bits per heavy atom. The Morgan fingerprint density at radius 3 is 2.32 bits per heavy atom. The average Bonchev–Trinajstić information content (AvgIpc) is 3.18. The molecule has 180 valence electrons. The Kier molecular flexibility index (Phi) is 7.60. The maximum atomic E-state index is 13.4. The Hall–Kier alpha value is -3.82. The van der Waals surface area contributed by atoms with E-state index in [9.17, 15) is 22.8 Å². The van der Waals surface area contributed by atoms with Crippen LogP contribution in [0.5, 0.6) is 0 Å². The van der Waals surface area contributed by atoms with Crippen LogP contribution in [0.1, 0.15) is 46.2 Å². The number of ether oxygens (including phenoxy) is 1. The minimum atomic E-state index is -4.73. The predicted molar refractivity (Wildman–Crippen MR) is 122 cm³/mol. The van der Waals surface area contributed by atoms with Crippen LogP contribution in [0.4, 0.5) is 24.9 Å². The third-order valence-corrected chi connectivity index (χ3v) is 4.91. The molecule has 0 radical (unpaired) electrons. The topological polar surface area (TPSA) is 76.5 Å². The molecular formula is C24H25F3N4O3. The lowest BCUT2D eigenvalue weighted by Crippen LogP contribution is -2.21. The molecule has 3 rings (SSSR count). The number of hydrogen-bond donors (Lipinski definition) is 1. The molecule has 3 aromatic rings. The number of anilines is 2. The molecule has 0 aliphatic rings. The zero-order valence-electron chi connectivity index (χ0n) is 19.0. The summed E-state index contributed by atoms with van der Waals surface area (Å²) in [6.07, 6.45) is -3.30. The smallest absolute Gasteiger partial charge is 0.417 e. The van der Waals surface area contributed by atoms with E-state index in [-0.39, 0.29) is 24.1 Å². The molecule has 1 N–H and O–H groups in total. The molecule has 0 fully saturated rings. The number of imidazole rings is 1. The molecule has 1 aromatic heterocycles. The van der Waals surface area contributed by atoms with Gasteiger partial charge in [-0.25, -0.2) is 4.79 Å². The van der Waals surface area contributed by atoms with Crippen molar-refractivity contribution >= 4 is 23.6 Å². The van der Waals surface area contributed by atoms with Gasteiger partial charge in [-0.05, 0) is 30.7 Å². The van der Waals surface area contributed by atoms with E-state index in [1.165, 1.54) is 16.7 Å². The van der Waals surface area contributed by atoms with Gasteiger partial charge in [-0.2, -0.15) is 18.2 Å². The van der Waals surface area contributed by atoms with Crippen LogP contribution in [0, 0.1) is 0 Å². The molecule has 10 heteroatoms. The number of unbranched alkanes of at least 4 members (excludes halogenated alkanes) is 1. The Morgan fingerprint density at radius 1 is 1.06 bits per heavy atom. The van der Waals surface area contributed by atoms with E-state index in [1.807, 2.05) is 6.92 Å². The molecule has 34 heavy (non-hydrogen) atoms. The molecule has 1 heterocycles. The largest absolute Gasteiger partial charge is 0.461 e. The van der Waals surface area contributed by atoms with Crippen LogP contribution in [-0.4, -0.2) is 42.1 Å². The third-order valence-electron chi connectivity index (χ3n) is 4.91.